The topological polar surface area (TPSA) is 197 Å². The zero-order chi connectivity index (χ0) is 47.4. The fourth-order valence-corrected chi connectivity index (χ4v) is 9.89. The predicted octanol–water partition coefficient (Wildman–Crippen LogP) is 8.56. The van der Waals surface area contributed by atoms with Crippen molar-refractivity contribution in [3.63, 3.8) is 0 Å². The van der Waals surface area contributed by atoms with Crippen LogP contribution in [0, 0.1) is 21.4 Å². The van der Waals surface area contributed by atoms with Crippen molar-refractivity contribution in [2.24, 2.45) is 0 Å². The van der Waals surface area contributed by atoms with Crippen molar-refractivity contribution < 1.29 is 46.6 Å². The third kappa shape index (κ3) is 10.2. The van der Waals surface area contributed by atoms with Crippen LogP contribution in [-0.4, -0.2) is 62.4 Å². The lowest BCUT2D eigenvalue weighted by Crippen LogP contribution is -2.56. The van der Waals surface area contributed by atoms with Gasteiger partial charge < -0.3 is 29.0 Å². The lowest BCUT2D eigenvalue weighted by atomic mass is 9.93. The highest BCUT2D eigenvalue weighted by molar-refractivity contribution is 7.89. The number of nitro groups is 1. The third-order valence-electron chi connectivity index (χ3n) is 11.4. The molecular formula is C49H40Cl2N4O11S. The molecule has 0 saturated carbocycles. The molecule has 342 valence electrons. The van der Waals surface area contributed by atoms with Crippen molar-refractivity contribution in [2.75, 3.05) is 20.8 Å². The first-order valence-corrected chi connectivity index (χ1v) is 22.9. The molecule has 0 aromatic heterocycles. The minimum Gasteiger partial charge on any atom is -0.497 e. The molecule has 15 nitrogen and oxygen atoms in total. The summed E-state index contributed by atoms with van der Waals surface area (Å²) in [6, 6.07) is 32.8. The Hall–Kier alpha value is -7.16. The van der Waals surface area contributed by atoms with E-state index in [1.54, 1.807) is 60.7 Å². The number of esters is 1. The average molecular weight is 964 g/mol. The van der Waals surface area contributed by atoms with E-state index in [0.717, 1.165) is 38.7 Å². The van der Waals surface area contributed by atoms with Gasteiger partial charge in [0.1, 0.15) is 36.8 Å². The van der Waals surface area contributed by atoms with Gasteiger partial charge in [-0.05, 0) is 106 Å². The smallest absolute Gasteiger partial charge is 0.328 e. The number of ether oxygens (including phenoxy) is 5. The number of hydrogen-bond acceptors (Lipinski definition) is 12. The first-order valence-electron chi connectivity index (χ1n) is 20.7. The van der Waals surface area contributed by atoms with Gasteiger partial charge in [0.15, 0.2) is 22.5 Å². The number of nitrogens with one attached hydrogen (secondary N) is 1. The van der Waals surface area contributed by atoms with E-state index in [-0.39, 0.29) is 31.8 Å². The van der Waals surface area contributed by atoms with Gasteiger partial charge >= 0.3 is 5.97 Å². The van der Waals surface area contributed by atoms with E-state index in [1.165, 1.54) is 20.3 Å². The van der Waals surface area contributed by atoms with E-state index in [0.29, 0.717) is 49.5 Å². The summed E-state index contributed by atoms with van der Waals surface area (Å²) < 4.78 is 59.1. The molecule has 18 heteroatoms. The maximum Gasteiger partial charge on any atom is 0.328 e. The minimum atomic E-state index is -4.82. The van der Waals surface area contributed by atoms with Gasteiger partial charge in [0, 0.05) is 13.0 Å². The van der Waals surface area contributed by atoms with Crippen LogP contribution in [0.1, 0.15) is 39.5 Å². The van der Waals surface area contributed by atoms with Gasteiger partial charge in [0.2, 0.25) is 5.91 Å². The normalized spacial score (nSPS) is 15.9. The van der Waals surface area contributed by atoms with Crippen LogP contribution in [0.5, 0.6) is 23.0 Å². The summed E-state index contributed by atoms with van der Waals surface area (Å²) in [5.41, 5.74) is 4.79. The molecule has 1 amide bonds. The zero-order valence-electron chi connectivity index (χ0n) is 35.8. The number of amides is 1. The van der Waals surface area contributed by atoms with Crippen LogP contribution >= 0.6 is 23.2 Å². The minimum absolute atomic E-state index is 0.0135. The van der Waals surface area contributed by atoms with Crippen molar-refractivity contribution in [3.05, 3.63) is 175 Å². The first-order chi connectivity index (χ1) is 32.2. The molecule has 0 aliphatic carbocycles. The van der Waals surface area contributed by atoms with Crippen LogP contribution in [0.4, 0.5) is 5.69 Å². The van der Waals surface area contributed by atoms with E-state index >= 15 is 0 Å². The molecule has 0 saturated heterocycles. The van der Waals surface area contributed by atoms with Gasteiger partial charge in [-0.25, -0.2) is 13.2 Å². The number of carbonyl (C=O) groups is 2. The highest BCUT2D eigenvalue weighted by Gasteiger charge is 2.44. The standard InChI is InChI=1S/C49H40Cl2N4O11S/c1-62-38-16-18-47(42(24-38)55(58)59)67(60,61)54-26-36-23-45-44(65-28-46(66-45)34-12-14-37(15-13-34)64-27-31-7-17-39(50)40(51)19-31)22-35(36)21-43(54)48(56)53-41(49(57)63-2)20-29-3-8-32(9-4-29)33-10-5-30(25-52)6-11-33/h3-19,22-24,41,43,46H,20-21,26-28H2,1-2H3,(H,53,56)/t41?,43-,46+/m0/s1. The van der Waals surface area contributed by atoms with Gasteiger partial charge in [0.25, 0.3) is 15.7 Å². The molecule has 6 aromatic rings. The monoisotopic (exact) mass is 962 g/mol. The van der Waals surface area contributed by atoms with Crippen LogP contribution in [0.25, 0.3) is 11.1 Å². The number of fused-ring (bicyclic) bond motifs is 2. The number of rotatable bonds is 14. The van der Waals surface area contributed by atoms with Gasteiger partial charge in [-0.2, -0.15) is 9.57 Å². The number of sulfonamides is 1. The summed E-state index contributed by atoms with van der Waals surface area (Å²) in [4.78, 5) is 38.6. The molecular weight excluding hydrogens is 924 g/mol. The van der Waals surface area contributed by atoms with E-state index in [1.807, 2.05) is 42.5 Å². The van der Waals surface area contributed by atoms with Crippen molar-refractivity contribution in [3.8, 4) is 40.2 Å². The Labute approximate surface area is 395 Å². The van der Waals surface area contributed by atoms with Crippen LogP contribution < -0.4 is 24.3 Å². The summed E-state index contributed by atoms with van der Waals surface area (Å²) in [5, 5.41) is 25.1. The molecule has 0 radical (unpaired) electrons. The van der Waals surface area contributed by atoms with E-state index in [4.69, 9.17) is 52.1 Å². The number of hydrogen-bond donors (Lipinski definition) is 1. The number of halogens is 2. The average Bonchev–Trinajstić information content (AvgIpc) is 3.35. The van der Waals surface area contributed by atoms with Crippen molar-refractivity contribution in [1.82, 2.24) is 9.62 Å². The Kier molecular flexibility index (Phi) is 13.7. The molecule has 3 atom stereocenters. The zero-order valence-corrected chi connectivity index (χ0v) is 38.1. The molecule has 2 aliphatic rings. The van der Waals surface area contributed by atoms with E-state index in [2.05, 4.69) is 11.4 Å². The number of nitrogens with zero attached hydrogens (tertiary/aromatic N) is 3. The molecule has 2 aliphatic heterocycles. The summed E-state index contributed by atoms with van der Waals surface area (Å²) in [7, 11) is -2.35. The fraction of sp³-hybridized carbons (Fsp3) is 0.204. The number of nitriles is 1. The lowest BCUT2D eigenvalue weighted by molar-refractivity contribution is -0.387. The quantitative estimate of drug-likeness (QED) is 0.0621. The van der Waals surface area contributed by atoms with Crippen molar-refractivity contribution >= 4 is 50.8 Å². The Balaban J connectivity index is 1.05. The second kappa shape index (κ2) is 19.7. The van der Waals surface area contributed by atoms with Crippen molar-refractivity contribution in [1.29, 1.82) is 5.26 Å². The number of benzene rings is 6. The largest absolute Gasteiger partial charge is 0.497 e. The molecule has 2 heterocycles. The Morgan fingerprint density at radius 2 is 1.54 bits per heavy atom. The molecule has 8 rings (SSSR count). The fourth-order valence-electron chi connectivity index (χ4n) is 7.86. The third-order valence-corrected chi connectivity index (χ3v) is 14.1. The van der Waals surface area contributed by atoms with Gasteiger partial charge in [-0.3, -0.25) is 14.9 Å². The van der Waals surface area contributed by atoms with Gasteiger partial charge in [0.05, 0.1) is 46.9 Å². The van der Waals surface area contributed by atoms with Crippen LogP contribution in [-0.2, 0) is 50.3 Å². The SMILES string of the molecule is COC(=O)C(Cc1ccc(-c2ccc(C#N)cc2)cc1)NC(=O)[C@@H]1Cc2cc3c(cc2CN1S(=O)(=O)c1ccc(OC)cc1[N+](=O)[O-])O[C@@H](c1ccc(OCc2ccc(Cl)c(Cl)c2)cc1)CO3. The Morgan fingerprint density at radius 1 is 0.866 bits per heavy atom. The molecule has 1 unspecified atom stereocenters. The van der Waals surface area contributed by atoms with Crippen LogP contribution in [0.2, 0.25) is 10.0 Å². The summed E-state index contributed by atoms with van der Waals surface area (Å²) >= 11 is 12.2. The maximum absolute atomic E-state index is 14.7. The number of methoxy groups -OCH3 is 2. The Bertz CT molecular complexity index is 3020. The van der Waals surface area contributed by atoms with Gasteiger partial charge in [-0.15, -0.1) is 0 Å². The Morgan fingerprint density at radius 3 is 2.19 bits per heavy atom. The van der Waals surface area contributed by atoms with Gasteiger partial charge in [-0.1, -0.05) is 77.8 Å². The second-order valence-corrected chi connectivity index (χ2v) is 18.3. The molecule has 67 heavy (non-hydrogen) atoms. The molecule has 0 fully saturated rings. The highest BCUT2D eigenvalue weighted by Crippen LogP contribution is 2.43. The van der Waals surface area contributed by atoms with Crippen molar-refractivity contribution in [2.45, 2.75) is 49.1 Å². The number of nitro benzene ring substituents is 1. The second-order valence-electron chi connectivity index (χ2n) is 15.6. The highest BCUT2D eigenvalue weighted by atomic mass is 35.5. The van der Waals surface area contributed by atoms with E-state index in [9.17, 15) is 28.1 Å². The predicted molar refractivity (Wildman–Crippen MR) is 247 cm³/mol. The van der Waals surface area contributed by atoms with Crippen LogP contribution in [0.15, 0.2) is 126 Å². The maximum atomic E-state index is 14.7. The molecule has 1 N–H and O–H groups in total. The summed E-state index contributed by atoms with van der Waals surface area (Å²) in [6.07, 6.45) is -0.761. The molecule has 0 spiro atoms. The molecule has 0 bridgehead atoms. The first kappa shape index (κ1) is 46.4. The van der Waals surface area contributed by atoms with E-state index < -0.39 is 62.1 Å². The van der Waals surface area contributed by atoms with Crippen LogP contribution in [0.3, 0.4) is 0 Å². The molecule has 6 aromatic carbocycles. The summed E-state index contributed by atoms with van der Waals surface area (Å²) in [5.74, 6) is -0.268. The summed E-state index contributed by atoms with van der Waals surface area (Å²) in [6.45, 7) is 0.00284. The number of carbonyl (C=O) groups excluding carboxylic acids is 2. The lowest BCUT2D eigenvalue weighted by Gasteiger charge is -2.36.